The zero-order chi connectivity index (χ0) is 23.9. The number of amides is 2. The molecule has 172 valence electrons. The van der Waals surface area contributed by atoms with Crippen molar-refractivity contribution >= 4 is 47.2 Å². The SMILES string of the molecule is CC(=O)c1cn(CC(=O)N2CC[C@H]2C(=O)Nc2cccc(C)n2)c2ccc(P(=O)(O)O)cc12. The van der Waals surface area contributed by atoms with E-state index >= 15 is 0 Å². The largest absolute Gasteiger partial charge is 0.356 e. The van der Waals surface area contributed by atoms with Crippen LogP contribution in [0.4, 0.5) is 5.82 Å². The normalized spacial score (nSPS) is 15.9. The molecule has 2 amide bonds. The molecule has 1 aliphatic rings. The summed E-state index contributed by atoms with van der Waals surface area (Å²) in [5, 5.41) is 2.89. The van der Waals surface area contributed by atoms with E-state index in [1.165, 1.54) is 36.2 Å². The van der Waals surface area contributed by atoms with E-state index in [2.05, 4.69) is 10.3 Å². The number of aryl methyl sites for hydroxylation is 1. The van der Waals surface area contributed by atoms with Crippen LogP contribution in [0.1, 0.15) is 29.4 Å². The highest BCUT2D eigenvalue weighted by Gasteiger charge is 2.37. The molecule has 1 atom stereocenters. The highest BCUT2D eigenvalue weighted by atomic mass is 31.2. The van der Waals surface area contributed by atoms with E-state index < -0.39 is 13.6 Å². The molecule has 1 aliphatic heterocycles. The number of rotatable bonds is 6. The summed E-state index contributed by atoms with van der Waals surface area (Å²) in [6, 6.07) is 8.70. The van der Waals surface area contributed by atoms with E-state index in [-0.39, 0.29) is 35.0 Å². The van der Waals surface area contributed by atoms with Crippen LogP contribution in [0.3, 0.4) is 0 Å². The van der Waals surface area contributed by atoms with Crippen molar-refractivity contribution in [2.45, 2.75) is 32.9 Å². The van der Waals surface area contributed by atoms with Crippen molar-refractivity contribution in [3.8, 4) is 0 Å². The number of hydrogen-bond acceptors (Lipinski definition) is 5. The fourth-order valence-electron chi connectivity index (χ4n) is 3.89. The number of anilines is 1. The Morgan fingerprint density at radius 2 is 1.97 bits per heavy atom. The highest BCUT2D eigenvalue weighted by Crippen LogP contribution is 2.35. The van der Waals surface area contributed by atoms with Gasteiger partial charge in [0.2, 0.25) is 11.8 Å². The van der Waals surface area contributed by atoms with E-state index in [1.54, 1.807) is 16.7 Å². The van der Waals surface area contributed by atoms with Crippen LogP contribution < -0.4 is 10.6 Å². The van der Waals surface area contributed by atoms with Crippen LogP contribution in [0.5, 0.6) is 0 Å². The molecule has 11 heteroatoms. The molecule has 0 radical (unpaired) electrons. The molecule has 3 heterocycles. The van der Waals surface area contributed by atoms with Gasteiger partial charge in [0.25, 0.3) is 0 Å². The molecule has 1 aromatic carbocycles. The van der Waals surface area contributed by atoms with E-state index in [9.17, 15) is 28.7 Å². The summed E-state index contributed by atoms with van der Waals surface area (Å²) in [5.41, 5.74) is 1.52. The molecule has 0 bridgehead atoms. The maximum Gasteiger partial charge on any atom is 0.356 e. The van der Waals surface area contributed by atoms with Gasteiger partial charge in [-0.15, -0.1) is 0 Å². The van der Waals surface area contributed by atoms with Gasteiger partial charge in [-0.05, 0) is 50.6 Å². The summed E-state index contributed by atoms with van der Waals surface area (Å²) in [4.78, 5) is 62.3. The number of ketones is 1. The van der Waals surface area contributed by atoms with Gasteiger partial charge in [0, 0.05) is 34.9 Å². The molecule has 2 aromatic heterocycles. The van der Waals surface area contributed by atoms with Crippen molar-refractivity contribution in [1.82, 2.24) is 14.5 Å². The van der Waals surface area contributed by atoms with Gasteiger partial charge >= 0.3 is 7.60 Å². The second-order valence-corrected chi connectivity index (χ2v) is 9.62. The van der Waals surface area contributed by atoms with Crippen LogP contribution in [-0.2, 0) is 20.7 Å². The topological polar surface area (TPSA) is 142 Å². The minimum absolute atomic E-state index is 0.120. The minimum atomic E-state index is -4.50. The molecule has 4 rings (SSSR count). The van der Waals surface area contributed by atoms with Crippen molar-refractivity contribution in [2.75, 3.05) is 11.9 Å². The molecule has 0 spiro atoms. The zero-order valence-electron chi connectivity index (χ0n) is 18.1. The Bertz CT molecular complexity index is 1330. The maximum atomic E-state index is 13.0. The third kappa shape index (κ3) is 4.59. The average molecular weight is 470 g/mol. The van der Waals surface area contributed by atoms with E-state index in [4.69, 9.17) is 0 Å². The minimum Gasteiger partial charge on any atom is -0.337 e. The van der Waals surface area contributed by atoms with Gasteiger partial charge in [-0.2, -0.15) is 0 Å². The first-order valence-corrected chi connectivity index (χ1v) is 11.9. The van der Waals surface area contributed by atoms with Crippen molar-refractivity contribution in [3.63, 3.8) is 0 Å². The Labute approximate surface area is 189 Å². The van der Waals surface area contributed by atoms with Gasteiger partial charge in [-0.3, -0.25) is 18.9 Å². The van der Waals surface area contributed by atoms with Crippen molar-refractivity contribution in [1.29, 1.82) is 0 Å². The van der Waals surface area contributed by atoms with Gasteiger partial charge in [0.15, 0.2) is 5.78 Å². The first-order chi connectivity index (χ1) is 15.5. The van der Waals surface area contributed by atoms with E-state index in [0.717, 1.165) is 5.69 Å². The summed E-state index contributed by atoms with van der Waals surface area (Å²) in [7, 11) is -4.50. The van der Waals surface area contributed by atoms with Gasteiger partial charge < -0.3 is 24.6 Å². The lowest BCUT2D eigenvalue weighted by Gasteiger charge is -2.39. The van der Waals surface area contributed by atoms with Gasteiger partial charge in [-0.25, -0.2) is 4.98 Å². The number of benzene rings is 1. The number of carbonyl (C=O) groups excluding carboxylic acids is 3. The summed E-state index contributed by atoms with van der Waals surface area (Å²) < 4.78 is 13.2. The van der Waals surface area contributed by atoms with Crippen molar-refractivity contribution < 1.29 is 28.7 Å². The fraction of sp³-hybridized carbons (Fsp3) is 0.273. The quantitative estimate of drug-likeness (QED) is 0.367. The smallest absolute Gasteiger partial charge is 0.337 e. The number of carbonyl (C=O) groups is 3. The van der Waals surface area contributed by atoms with Gasteiger partial charge in [0.1, 0.15) is 18.4 Å². The number of hydrogen-bond donors (Lipinski definition) is 3. The lowest BCUT2D eigenvalue weighted by molar-refractivity contribution is -0.145. The molecule has 1 fully saturated rings. The standard InChI is InChI=1S/C22H23N4O6P/c1-13-4-3-5-20(23-13)24-22(29)19-8-9-26(19)21(28)12-25-11-17(14(2)27)16-10-15(33(30,31)32)6-7-18(16)25/h3-7,10-11,19H,8-9,12H2,1-2H3,(H,23,24,29)(H2,30,31,32)/t19-/m0/s1. The molecule has 1 saturated heterocycles. The summed E-state index contributed by atoms with van der Waals surface area (Å²) in [6.07, 6.45) is 2.03. The molecule has 0 unspecified atom stereocenters. The number of likely N-dealkylation sites (tertiary alicyclic amines) is 1. The van der Waals surface area contributed by atoms with Crippen LogP contribution in [0.15, 0.2) is 42.6 Å². The van der Waals surface area contributed by atoms with Crippen LogP contribution >= 0.6 is 7.60 Å². The lowest BCUT2D eigenvalue weighted by Crippen LogP contribution is -2.57. The fourth-order valence-corrected chi connectivity index (χ4v) is 4.46. The maximum absolute atomic E-state index is 13.0. The van der Waals surface area contributed by atoms with Crippen LogP contribution in [-0.4, -0.2) is 54.4 Å². The van der Waals surface area contributed by atoms with Crippen molar-refractivity contribution in [3.05, 3.63) is 53.9 Å². The van der Waals surface area contributed by atoms with Crippen LogP contribution in [0, 0.1) is 6.92 Å². The second-order valence-electron chi connectivity index (χ2n) is 8.02. The molecule has 3 N–H and O–H groups in total. The second kappa shape index (κ2) is 8.55. The molecular formula is C22H23N4O6P. The number of nitrogens with one attached hydrogen (secondary N) is 1. The summed E-state index contributed by atoms with van der Waals surface area (Å²) in [6.45, 7) is 3.47. The summed E-state index contributed by atoms with van der Waals surface area (Å²) in [5.74, 6) is -0.492. The van der Waals surface area contributed by atoms with Gasteiger partial charge in [0.05, 0.1) is 5.30 Å². The Balaban J connectivity index is 1.54. The first-order valence-electron chi connectivity index (χ1n) is 10.3. The Kier molecular flexibility index (Phi) is 5.92. The molecule has 33 heavy (non-hydrogen) atoms. The number of aromatic nitrogens is 2. The molecule has 3 aromatic rings. The lowest BCUT2D eigenvalue weighted by atomic mass is 10.0. The first kappa shape index (κ1) is 22.8. The highest BCUT2D eigenvalue weighted by molar-refractivity contribution is 7.60. The zero-order valence-corrected chi connectivity index (χ0v) is 19.0. The van der Waals surface area contributed by atoms with E-state index in [1.807, 2.05) is 13.0 Å². The molecule has 0 aliphatic carbocycles. The average Bonchev–Trinajstić information content (AvgIpc) is 3.04. The third-order valence-corrected chi connectivity index (χ3v) is 6.62. The molecular weight excluding hydrogens is 447 g/mol. The predicted molar refractivity (Wildman–Crippen MR) is 121 cm³/mol. The molecule has 0 saturated carbocycles. The van der Waals surface area contributed by atoms with Crippen LogP contribution in [0.2, 0.25) is 0 Å². The number of fused-ring (bicyclic) bond motifs is 1. The third-order valence-electron chi connectivity index (χ3n) is 5.67. The Morgan fingerprint density at radius 1 is 1.21 bits per heavy atom. The number of pyridine rings is 1. The molecule has 10 nitrogen and oxygen atoms in total. The Hall–Kier alpha value is -3.33. The monoisotopic (exact) mass is 470 g/mol. The van der Waals surface area contributed by atoms with Gasteiger partial charge in [-0.1, -0.05) is 6.07 Å². The van der Waals surface area contributed by atoms with Crippen molar-refractivity contribution in [2.24, 2.45) is 0 Å². The van der Waals surface area contributed by atoms with E-state index in [0.29, 0.717) is 29.7 Å². The summed E-state index contributed by atoms with van der Waals surface area (Å²) >= 11 is 0. The Morgan fingerprint density at radius 3 is 2.58 bits per heavy atom. The number of Topliss-reactive ketones (excluding diaryl/α,β-unsaturated/α-hetero) is 1. The predicted octanol–water partition coefficient (Wildman–Crippen LogP) is 1.59. The van der Waals surface area contributed by atoms with Crippen LogP contribution in [0.25, 0.3) is 10.9 Å². The number of nitrogens with zero attached hydrogens (tertiary/aromatic N) is 3.